The number of nitrogens with zero attached hydrogens (tertiary/aromatic N) is 4. The van der Waals surface area contributed by atoms with Gasteiger partial charge >= 0.3 is 0 Å². The van der Waals surface area contributed by atoms with E-state index in [-0.39, 0.29) is 42.9 Å². The van der Waals surface area contributed by atoms with E-state index in [1.54, 1.807) is 39.4 Å². The van der Waals surface area contributed by atoms with Crippen molar-refractivity contribution < 1.29 is 41.8 Å². The van der Waals surface area contributed by atoms with E-state index >= 15 is 0 Å². The van der Waals surface area contributed by atoms with Crippen LogP contribution in [-0.4, -0.2) is 94.3 Å². The second kappa shape index (κ2) is 15.9. The number of aromatic nitrogens is 3. The van der Waals surface area contributed by atoms with Crippen LogP contribution in [0.15, 0.2) is 42.6 Å². The number of sulfonamides is 1. The van der Waals surface area contributed by atoms with Gasteiger partial charge in [0.1, 0.15) is 35.4 Å². The Balaban J connectivity index is 1.13. The van der Waals surface area contributed by atoms with Gasteiger partial charge in [-0.1, -0.05) is 25.0 Å². The van der Waals surface area contributed by atoms with Crippen LogP contribution >= 0.6 is 0 Å². The molecule has 0 unspecified atom stereocenters. The number of allylic oxidation sites excluding steroid dienone is 2. The highest BCUT2D eigenvalue weighted by molar-refractivity contribution is 7.91. The predicted molar refractivity (Wildman–Crippen MR) is 217 cm³/mol. The van der Waals surface area contributed by atoms with E-state index in [1.165, 1.54) is 9.58 Å². The molecule has 59 heavy (non-hydrogen) atoms. The number of Topliss-reactive ketones (excluding diaryl/α,β-unsaturated/α-hetero) is 1. The Bertz CT molecular complexity index is 2300. The third-order valence-corrected chi connectivity index (χ3v) is 15.2. The fraction of sp³-hybridized carbons (Fsp3) is 0.581. The van der Waals surface area contributed by atoms with Crippen LogP contribution in [0.3, 0.4) is 0 Å². The topological polar surface area (TPSA) is 188 Å². The van der Waals surface area contributed by atoms with Crippen molar-refractivity contribution in [2.24, 2.45) is 18.4 Å². The third kappa shape index (κ3) is 8.16. The molecule has 2 aromatic heterocycles. The van der Waals surface area contributed by atoms with Crippen LogP contribution in [0.4, 0.5) is 0 Å². The first-order chi connectivity index (χ1) is 28.2. The zero-order chi connectivity index (χ0) is 41.7. The van der Waals surface area contributed by atoms with Crippen molar-refractivity contribution in [2.75, 3.05) is 13.7 Å². The molecule has 1 saturated heterocycles. The highest BCUT2D eigenvalue weighted by Gasteiger charge is 2.62. The van der Waals surface area contributed by atoms with E-state index in [0.29, 0.717) is 66.8 Å². The molecule has 5 atom stereocenters. The minimum absolute atomic E-state index is 0.0260. The van der Waals surface area contributed by atoms with Gasteiger partial charge in [0.2, 0.25) is 27.7 Å². The number of hydrogen-bond donors (Lipinski definition) is 2. The summed E-state index contributed by atoms with van der Waals surface area (Å²) in [5.41, 5.74) is 0.331. The maximum atomic E-state index is 14.8. The molecule has 8 rings (SSSR count). The first-order valence-electron chi connectivity index (χ1n) is 20.9. The molecule has 3 amide bonds. The van der Waals surface area contributed by atoms with Crippen LogP contribution in [0.1, 0.15) is 106 Å². The molecule has 5 aliphatic rings. The maximum Gasteiger partial charge on any atom is 0.272 e. The Kier molecular flexibility index (Phi) is 11.0. The smallest absolute Gasteiger partial charge is 0.272 e. The molecular weight excluding hydrogens is 777 g/mol. The molecule has 0 radical (unpaired) electrons. The lowest BCUT2D eigenvalue weighted by Crippen LogP contribution is -2.52. The summed E-state index contributed by atoms with van der Waals surface area (Å²) in [5.74, 6) is -0.792. The van der Waals surface area contributed by atoms with E-state index in [4.69, 9.17) is 19.2 Å². The lowest BCUT2D eigenvalue weighted by Gasteiger charge is -2.29. The first-order valence-corrected chi connectivity index (χ1v) is 22.4. The van der Waals surface area contributed by atoms with Crippen LogP contribution in [0.2, 0.25) is 0 Å². The molecule has 3 saturated carbocycles. The van der Waals surface area contributed by atoms with Crippen molar-refractivity contribution in [3.05, 3.63) is 53.9 Å². The number of fused-ring (bicyclic) bond motifs is 3. The maximum absolute atomic E-state index is 14.8. The van der Waals surface area contributed by atoms with E-state index in [2.05, 4.69) is 15.1 Å². The molecule has 3 aromatic rings. The van der Waals surface area contributed by atoms with Crippen LogP contribution in [0.5, 0.6) is 17.4 Å². The fourth-order valence-electron chi connectivity index (χ4n) is 8.63. The quantitative estimate of drug-likeness (QED) is 0.266. The molecule has 1 aromatic carbocycles. The monoisotopic (exact) mass is 830 g/mol. The third-order valence-electron chi connectivity index (χ3n) is 13.1. The van der Waals surface area contributed by atoms with Gasteiger partial charge < -0.3 is 24.4 Å². The standard InChI is InChI=1S/C43H54N6O9S/c1-26-35(56-4)16-15-30-36(22-37(45-38(26)30)58-28-12-10-13-28)57-29-21-33-34(50)24-43(41(53)47-59(54,55)42(2)18-19-42)23-27(43)11-8-6-5-7-9-14-32(40(52)49(33)25-29)44-39(51)31-17-20-48(3)46-31/h8,11,15-17,20,22,27-29,32-33H,5-7,9-10,12-14,18-19,21,23-25H2,1-4H3,(H,44,51)(H,47,53)/b11-8-/t27-,29-,32+,33+,43-/m1/s1. The Morgan fingerprint density at radius 3 is 2.47 bits per heavy atom. The van der Waals surface area contributed by atoms with Crippen molar-refractivity contribution in [3.8, 4) is 17.4 Å². The number of ketones is 1. The number of ether oxygens (including phenoxy) is 3. The second-order valence-electron chi connectivity index (χ2n) is 17.4. The normalized spacial score (nSPS) is 27.6. The largest absolute Gasteiger partial charge is 0.496 e. The number of carbonyl (C=O) groups excluding carboxylic acids is 4. The Hall–Kier alpha value is -4.99. The SMILES string of the molecule is COc1ccc2c(O[C@@H]3C[C@H]4C(=O)C[C@]5(C(=O)NS(=O)(=O)C6(C)CC6)C[C@H]5/C=C\CCCCC[C@H](NC(=O)c5ccn(C)n5)C(=O)N4C3)cc(OC3CCC3)nc2c1C. The van der Waals surface area contributed by atoms with Crippen LogP contribution < -0.4 is 24.2 Å². The van der Waals surface area contributed by atoms with Gasteiger partial charge in [-0.15, -0.1) is 0 Å². The van der Waals surface area contributed by atoms with E-state index in [0.717, 1.165) is 37.7 Å². The summed E-state index contributed by atoms with van der Waals surface area (Å²) in [6.07, 6.45) is 12.2. The van der Waals surface area contributed by atoms with Crippen LogP contribution in [0, 0.1) is 18.3 Å². The number of amides is 3. The van der Waals surface area contributed by atoms with Gasteiger partial charge in [0.25, 0.3) is 5.91 Å². The summed E-state index contributed by atoms with van der Waals surface area (Å²) in [5, 5.41) is 7.84. The van der Waals surface area contributed by atoms with Gasteiger partial charge in [0.05, 0.1) is 35.4 Å². The number of benzene rings is 1. The van der Waals surface area contributed by atoms with E-state index in [9.17, 15) is 27.6 Å². The Morgan fingerprint density at radius 1 is 0.983 bits per heavy atom. The summed E-state index contributed by atoms with van der Waals surface area (Å²) < 4.78 is 48.0. The van der Waals surface area contributed by atoms with Gasteiger partial charge in [-0.25, -0.2) is 13.4 Å². The zero-order valence-corrected chi connectivity index (χ0v) is 35.0. The fourth-order valence-corrected chi connectivity index (χ4v) is 9.96. The highest BCUT2D eigenvalue weighted by Crippen LogP contribution is 2.57. The number of carbonyl (C=O) groups is 4. The van der Waals surface area contributed by atoms with E-state index in [1.807, 2.05) is 31.2 Å². The lowest BCUT2D eigenvalue weighted by molar-refractivity contribution is -0.140. The minimum Gasteiger partial charge on any atom is -0.496 e. The summed E-state index contributed by atoms with van der Waals surface area (Å²) >= 11 is 0. The average Bonchev–Trinajstić information content (AvgIpc) is 3.99. The Labute approximate surface area is 344 Å². The molecule has 0 spiro atoms. The predicted octanol–water partition coefficient (Wildman–Crippen LogP) is 4.85. The number of hydrogen-bond acceptors (Lipinski definition) is 11. The highest BCUT2D eigenvalue weighted by atomic mass is 32.2. The number of pyridine rings is 1. The molecule has 2 aliphatic heterocycles. The molecule has 4 heterocycles. The van der Waals surface area contributed by atoms with Crippen molar-refractivity contribution in [1.82, 2.24) is 29.7 Å². The molecule has 3 aliphatic carbocycles. The minimum atomic E-state index is -3.96. The summed E-state index contributed by atoms with van der Waals surface area (Å²) in [4.78, 5) is 63.4. The number of rotatable bonds is 10. The molecule has 16 heteroatoms. The summed E-state index contributed by atoms with van der Waals surface area (Å²) in [6, 6.07) is 5.06. The molecule has 4 fully saturated rings. The van der Waals surface area contributed by atoms with Crippen LogP contribution in [-0.2, 0) is 31.5 Å². The second-order valence-corrected chi connectivity index (χ2v) is 19.6. The molecular formula is C43H54N6O9S. The number of aryl methyl sites for hydroxylation is 2. The summed E-state index contributed by atoms with van der Waals surface area (Å²) in [7, 11) is -0.666. The zero-order valence-electron chi connectivity index (χ0n) is 34.2. The van der Waals surface area contributed by atoms with Crippen LogP contribution in [0.25, 0.3) is 10.9 Å². The van der Waals surface area contributed by atoms with E-state index < -0.39 is 56.1 Å². The number of nitrogens with one attached hydrogen (secondary N) is 2. The van der Waals surface area contributed by atoms with Crippen molar-refractivity contribution >= 4 is 44.4 Å². The molecule has 316 valence electrons. The molecule has 2 N–H and O–H groups in total. The average molecular weight is 831 g/mol. The summed E-state index contributed by atoms with van der Waals surface area (Å²) in [6.45, 7) is 3.55. The first kappa shape index (κ1) is 40.8. The van der Waals surface area contributed by atoms with Crippen molar-refractivity contribution in [1.29, 1.82) is 0 Å². The van der Waals surface area contributed by atoms with Gasteiger partial charge in [0, 0.05) is 43.1 Å². The van der Waals surface area contributed by atoms with Crippen molar-refractivity contribution in [2.45, 2.75) is 126 Å². The number of methoxy groups -OCH3 is 1. The lowest BCUT2D eigenvalue weighted by atomic mass is 9.91. The molecule has 0 bridgehead atoms. The Morgan fingerprint density at radius 2 is 1.78 bits per heavy atom. The van der Waals surface area contributed by atoms with Gasteiger partial charge in [-0.3, -0.25) is 28.6 Å². The van der Waals surface area contributed by atoms with Gasteiger partial charge in [0.15, 0.2) is 5.78 Å². The molecule has 15 nitrogen and oxygen atoms in total. The van der Waals surface area contributed by atoms with Gasteiger partial charge in [-0.2, -0.15) is 5.10 Å². The van der Waals surface area contributed by atoms with Crippen molar-refractivity contribution in [3.63, 3.8) is 0 Å². The van der Waals surface area contributed by atoms with Gasteiger partial charge in [-0.05, 0) is 95.8 Å².